The van der Waals surface area contributed by atoms with Crippen LogP contribution in [0.4, 0.5) is 0 Å². The molecular formula is C12H21IN2O3. The van der Waals surface area contributed by atoms with Crippen molar-refractivity contribution in [1.82, 2.24) is 9.80 Å². The number of rotatable bonds is 4. The molecule has 1 heterocycles. The van der Waals surface area contributed by atoms with Gasteiger partial charge in [0.1, 0.15) is 29.6 Å². The van der Waals surface area contributed by atoms with Crippen molar-refractivity contribution in [2.24, 2.45) is 5.92 Å². The molecule has 0 aromatic carbocycles. The molecule has 0 aromatic heterocycles. The van der Waals surface area contributed by atoms with Gasteiger partial charge in [0.2, 0.25) is 11.8 Å². The Morgan fingerprint density at radius 1 is 1.39 bits per heavy atom. The fourth-order valence-electron chi connectivity index (χ4n) is 2.23. The lowest BCUT2D eigenvalue weighted by molar-refractivity contribution is -0.138. The minimum absolute atomic E-state index is 0.0284. The number of hydrogen-bond acceptors (Lipinski definition) is 3. The molecule has 1 rings (SSSR count). The van der Waals surface area contributed by atoms with Crippen LogP contribution in [0.5, 0.6) is 0 Å². The number of carbonyl (C=O) groups is 2. The average molecular weight is 368 g/mol. The maximum absolute atomic E-state index is 11.9. The minimum Gasteiger partial charge on any atom is -0.342 e. The Balaban J connectivity index is 2.44. The number of likely N-dealkylation sites (tertiary alicyclic amines) is 1. The number of amides is 2. The van der Waals surface area contributed by atoms with Gasteiger partial charge in [0.25, 0.3) is 0 Å². The van der Waals surface area contributed by atoms with Crippen molar-refractivity contribution in [3.05, 3.63) is 0 Å². The van der Waals surface area contributed by atoms with Gasteiger partial charge in [-0.3, -0.25) is 9.59 Å². The van der Waals surface area contributed by atoms with E-state index in [1.165, 1.54) is 0 Å². The molecule has 1 saturated heterocycles. The highest BCUT2D eigenvalue weighted by Crippen LogP contribution is 2.17. The molecule has 0 saturated carbocycles. The largest absolute Gasteiger partial charge is 0.342 e. The van der Waals surface area contributed by atoms with Crippen LogP contribution in [0.25, 0.3) is 0 Å². The van der Waals surface area contributed by atoms with E-state index in [2.05, 4.69) is 0 Å². The van der Waals surface area contributed by atoms with E-state index in [0.29, 0.717) is 13.1 Å². The summed E-state index contributed by atoms with van der Waals surface area (Å²) >= 11 is 1.73. The first-order chi connectivity index (χ1) is 8.47. The van der Waals surface area contributed by atoms with E-state index in [1.54, 1.807) is 23.0 Å². The van der Waals surface area contributed by atoms with Gasteiger partial charge < -0.3 is 12.9 Å². The molecule has 0 atom stereocenters. The lowest BCUT2D eigenvalue weighted by Crippen LogP contribution is -2.48. The van der Waals surface area contributed by atoms with Crippen LogP contribution in [-0.2, 0) is 12.7 Å². The van der Waals surface area contributed by atoms with E-state index in [0.717, 1.165) is 12.8 Å². The van der Waals surface area contributed by atoms with E-state index in [-0.39, 0.29) is 30.4 Å². The lowest BCUT2D eigenvalue weighted by atomic mass is 10.0. The second kappa shape index (κ2) is 7.28. The average Bonchev–Trinajstić information content (AvgIpc) is 2.37. The zero-order valence-corrected chi connectivity index (χ0v) is 13.3. The van der Waals surface area contributed by atoms with Crippen LogP contribution in [0, 0.1) is 5.92 Å². The molecular weight excluding hydrogens is 347 g/mol. The number of nitrogens with zero attached hydrogens (tertiary/aromatic N) is 2. The predicted octanol–water partition coefficient (Wildman–Crippen LogP) is 1.46. The molecule has 0 aromatic rings. The monoisotopic (exact) mass is 368 g/mol. The van der Waals surface area contributed by atoms with Crippen LogP contribution < -0.4 is 0 Å². The third-order valence-electron chi connectivity index (χ3n) is 3.38. The standard InChI is InChI=1S/C12H21IN2O3/c1-9(2)12(17)14(3)10-4-6-15(7-5-10)11(16)8-18-13/h9-10H,4-8H2,1-3H3. The Labute approximate surface area is 123 Å². The summed E-state index contributed by atoms with van der Waals surface area (Å²) in [4.78, 5) is 27.2. The molecule has 0 bridgehead atoms. The minimum atomic E-state index is 0.0284. The van der Waals surface area contributed by atoms with Gasteiger partial charge in [-0.1, -0.05) is 13.8 Å². The molecule has 2 amide bonds. The van der Waals surface area contributed by atoms with E-state index in [1.807, 2.05) is 30.7 Å². The second-order valence-electron chi connectivity index (χ2n) is 4.97. The Morgan fingerprint density at radius 3 is 2.39 bits per heavy atom. The van der Waals surface area contributed by atoms with E-state index in [9.17, 15) is 9.59 Å². The van der Waals surface area contributed by atoms with Gasteiger partial charge in [-0.15, -0.1) is 0 Å². The van der Waals surface area contributed by atoms with Crippen molar-refractivity contribution in [2.75, 3.05) is 26.7 Å². The van der Waals surface area contributed by atoms with Crippen molar-refractivity contribution in [1.29, 1.82) is 0 Å². The van der Waals surface area contributed by atoms with Gasteiger partial charge in [-0.2, -0.15) is 0 Å². The molecule has 5 nitrogen and oxygen atoms in total. The summed E-state index contributed by atoms with van der Waals surface area (Å²) in [6.45, 7) is 5.37. The molecule has 1 fully saturated rings. The van der Waals surface area contributed by atoms with Gasteiger partial charge in [-0.05, 0) is 12.8 Å². The van der Waals surface area contributed by atoms with Crippen molar-refractivity contribution in [2.45, 2.75) is 32.7 Å². The number of hydrogen-bond donors (Lipinski definition) is 0. The van der Waals surface area contributed by atoms with E-state index in [4.69, 9.17) is 3.07 Å². The Hall–Kier alpha value is -0.370. The zero-order valence-electron chi connectivity index (χ0n) is 11.2. The van der Waals surface area contributed by atoms with Gasteiger partial charge in [0.05, 0.1) is 0 Å². The van der Waals surface area contributed by atoms with Crippen LogP contribution in [0.2, 0.25) is 0 Å². The molecule has 0 unspecified atom stereocenters. The fraction of sp³-hybridized carbons (Fsp3) is 0.833. The van der Waals surface area contributed by atoms with Crippen LogP contribution in [0.15, 0.2) is 0 Å². The SMILES string of the molecule is CC(C)C(=O)N(C)C1CCN(C(=O)COI)CC1. The summed E-state index contributed by atoms with van der Waals surface area (Å²) in [5.41, 5.74) is 0. The van der Waals surface area contributed by atoms with Gasteiger partial charge in [-0.25, -0.2) is 0 Å². The number of carbonyl (C=O) groups excluding carboxylic acids is 2. The van der Waals surface area contributed by atoms with E-state index < -0.39 is 0 Å². The third kappa shape index (κ3) is 4.08. The molecule has 6 heteroatoms. The van der Waals surface area contributed by atoms with Crippen LogP contribution >= 0.6 is 23.0 Å². The highest BCUT2D eigenvalue weighted by atomic mass is 127. The second-order valence-corrected chi connectivity index (χ2v) is 5.59. The van der Waals surface area contributed by atoms with Crippen molar-refractivity contribution < 1.29 is 12.7 Å². The van der Waals surface area contributed by atoms with Crippen LogP contribution in [-0.4, -0.2) is 54.4 Å². The summed E-state index contributed by atoms with van der Waals surface area (Å²) in [6, 6.07) is 0.254. The zero-order chi connectivity index (χ0) is 13.7. The Morgan fingerprint density at radius 2 is 1.94 bits per heavy atom. The summed E-state index contributed by atoms with van der Waals surface area (Å²) < 4.78 is 4.82. The quantitative estimate of drug-likeness (QED) is 0.706. The summed E-state index contributed by atoms with van der Waals surface area (Å²) in [7, 11) is 1.86. The first-order valence-electron chi connectivity index (χ1n) is 6.25. The van der Waals surface area contributed by atoms with Crippen molar-refractivity contribution >= 4 is 34.8 Å². The first kappa shape index (κ1) is 15.7. The highest BCUT2D eigenvalue weighted by molar-refractivity contribution is 14.1. The molecule has 1 aliphatic heterocycles. The molecule has 0 N–H and O–H groups in total. The normalized spacial score (nSPS) is 17.1. The molecule has 1 aliphatic rings. The van der Waals surface area contributed by atoms with Crippen molar-refractivity contribution in [3.63, 3.8) is 0 Å². The number of piperidine rings is 1. The summed E-state index contributed by atoms with van der Waals surface area (Å²) in [6.07, 6.45) is 1.70. The highest BCUT2D eigenvalue weighted by Gasteiger charge is 2.28. The van der Waals surface area contributed by atoms with Gasteiger partial charge >= 0.3 is 0 Å². The maximum Gasteiger partial charge on any atom is 0.249 e. The Kier molecular flexibility index (Phi) is 6.34. The third-order valence-corrected chi connectivity index (χ3v) is 3.70. The summed E-state index contributed by atoms with van der Waals surface area (Å²) in [5.74, 6) is 0.234. The molecule has 18 heavy (non-hydrogen) atoms. The lowest BCUT2D eigenvalue weighted by Gasteiger charge is -2.37. The first-order valence-corrected chi connectivity index (χ1v) is 7.13. The number of halogens is 1. The van der Waals surface area contributed by atoms with Crippen LogP contribution in [0.1, 0.15) is 26.7 Å². The molecule has 0 radical (unpaired) electrons. The van der Waals surface area contributed by atoms with Gasteiger partial charge in [0, 0.05) is 32.1 Å². The van der Waals surface area contributed by atoms with Crippen LogP contribution in [0.3, 0.4) is 0 Å². The van der Waals surface area contributed by atoms with E-state index >= 15 is 0 Å². The maximum atomic E-state index is 11.9. The van der Waals surface area contributed by atoms with Gasteiger partial charge in [0.15, 0.2) is 0 Å². The smallest absolute Gasteiger partial charge is 0.249 e. The fourth-order valence-corrected chi connectivity index (χ4v) is 2.49. The topological polar surface area (TPSA) is 49.9 Å². The molecule has 104 valence electrons. The molecule has 0 spiro atoms. The molecule has 0 aliphatic carbocycles. The summed E-state index contributed by atoms with van der Waals surface area (Å²) in [5, 5.41) is 0. The van der Waals surface area contributed by atoms with Crippen molar-refractivity contribution in [3.8, 4) is 0 Å². The predicted molar refractivity (Wildman–Crippen MR) is 77.2 cm³/mol. The Bertz CT molecular complexity index is 302.